The average molecular weight is 309 g/mol. The van der Waals surface area contributed by atoms with E-state index in [4.69, 9.17) is 0 Å². The van der Waals surface area contributed by atoms with E-state index < -0.39 is 0 Å². The van der Waals surface area contributed by atoms with Crippen LogP contribution in [0.5, 0.6) is 0 Å². The van der Waals surface area contributed by atoms with E-state index in [9.17, 15) is 9.59 Å². The van der Waals surface area contributed by atoms with Gasteiger partial charge in [-0.25, -0.2) is 0 Å². The van der Waals surface area contributed by atoms with Crippen LogP contribution in [0.2, 0.25) is 0 Å². The van der Waals surface area contributed by atoms with Gasteiger partial charge >= 0.3 is 0 Å². The highest BCUT2D eigenvalue weighted by atomic mass is 16.1. The van der Waals surface area contributed by atoms with Crippen LogP contribution in [-0.4, -0.2) is 18.6 Å². The van der Waals surface area contributed by atoms with Crippen molar-refractivity contribution < 1.29 is 9.59 Å². The van der Waals surface area contributed by atoms with Crippen molar-refractivity contribution in [3.05, 3.63) is 53.2 Å². The van der Waals surface area contributed by atoms with Gasteiger partial charge in [-0.05, 0) is 18.4 Å². The predicted molar refractivity (Wildman–Crippen MR) is 91.7 cm³/mol. The first-order valence-corrected chi connectivity index (χ1v) is 8.47. The number of benzene rings is 1. The first-order valence-electron chi connectivity index (χ1n) is 8.47. The molecule has 0 amide bonds. The second kappa shape index (κ2) is 6.95. The zero-order valence-electron chi connectivity index (χ0n) is 13.6. The Balaban J connectivity index is 2.02. The molecule has 2 aliphatic rings. The number of carbonyl (C=O) groups excluding carboxylic acids is 2. The topological polar surface area (TPSA) is 46.2 Å². The molecule has 0 saturated heterocycles. The number of carbonyl (C=O) groups is 2. The van der Waals surface area contributed by atoms with Gasteiger partial charge in [-0.15, -0.1) is 0 Å². The number of rotatable bonds is 4. The average Bonchev–Trinajstić information content (AvgIpc) is 2.62. The van der Waals surface area contributed by atoms with Crippen LogP contribution in [-0.2, 0) is 9.59 Å². The van der Waals surface area contributed by atoms with Crippen molar-refractivity contribution in [1.82, 2.24) is 5.32 Å². The smallest absolute Gasteiger partial charge is 0.183 e. The molecule has 3 rings (SSSR count). The molecule has 1 saturated carbocycles. The van der Waals surface area contributed by atoms with E-state index in [1.807, 2.05) is 36.4 Å². The Morgan fingerprint density at radius 1 is 1.09 bits per heavy atom. The fourth-order valence-corrected chi connectivity index (χ4v) is 3.65. The predicted octanol–water partition coefficient (Wildman–Crippen LogP) is 3.67. The van der Waals surface area contributed by atoms with Gasteiger partial charge in [-0.3, -0.25) is 9.59 Å². The van der Waals surface area contributed by atoms with Crippen LogP contribution in [0, 0.1) is 5.92 Å². The summed E-state index contributed by atoms with van der Waals surface area (Å²) >= 11 is 0. The summed E-state index contributed by atoms with van der Waals surface area (Å²) in [4.78, 5) is 25.3. The maximum atomic E-state index is 13.1. The molecule has 0 bridgehead atoms. The van der Waals surface area contributed by atoms with E-state index in [0.717, 1.165) is 42.4 Å². The molecule has 2 aliphatic carbocycles. The van der Waals surface area contributed by atoms with Crippen molar-refractivity contribution in [2.75, 3.05) is 7.05 Å². The summed E-state index contributed by atoms with van der Waals surface area (Å²) in [5.41, 5.74) is 3.00. The lowest BCUT2D eigenvalue weighted by molar-refractivity contribution is -0.119. The van der Waals surface area contributed by atoms with Gasteiger partial charge in [0.2, 0.25) is 0 Å². The fraction of sp³-hybridized carbons (Fsp3) is 0.400. The lowest BCUT2D eigenvalue weighted by atomic mass is 9.78. The minimum absolute atomic E-state index is 0.0477. The van der Waals surface area contributed by atoms with Crippen molar-refractivity contribution in [2.45, 2.75) is 38.5 Å². The molecule has 0 aliphatic heterocycles. The fourth-order valence-electron chi connectivity index (χ4n) is 3.65. The molecule has 0 atom stereocenters. The number of Topliss-reactive ketones (excluding diaryl/α,β-unsaturated/α-hetero) is 2. The van der Waals surface area contributed by atoms with E-state index in [1.165, 1.54) is 6.42 Å². The molecule has 0 aromatic heterocycles. The zero-order chi connectivity index (χ0) is 16.2. The molecule has 1 N–H and O–H groups in total. The Kier molecular flexibility index (Phi) is 4.75. The van der Waals surface area contributed by atoms with Gasteiger partial charge in [0, 0.05) is 30.5 Å². The maximum Gasteiger partial charge on any atom is 0.183 e. The van der Waals surface area contributed by atoms with Crippen molar-refractivity contribution in [2.24, 2.45) is 5.92 Å². The normalized spacial score (nSPS) is 19.5. The number of allylic oxidation sites excluding steroid dienone is 4. The molecule has 0 spiro atoms. The SMILES string of the molecule is CNC1=C(c2ccccc2)C(C(=O)C2CCCCC2)=CCC1=O. The summed E-state index contributed by atoms with van der Waals surface area (Å²) in [6.45, 7) is 0. The summed E-state index contributed by atoms with van der Waals surface area (Å²) in [7, 11) is 1.75. The van der Waals surface area contributed by atoms with Crippen LogP contribution in [0.1, 0.15) is 44.1 Å². The highest BCUT2D eigenvalue weighted by Crippen LogP contribution is 2.35. The Morgan fingerprint density at radius 3 is 2.43 bits per heavy atom. The van der Waals surface area contributed by atoms with E-state index >= 15 is 0 Å². The molecule has 1 aromatic carbocycles. The maximum absolute atomic E-state index is 13.1. The monoisotopic (exact) mass is 309 g/mol. The number of likely N-dealkylation sites (N-methyl/N-ethyl adjacent to an activating group) is 1. The second-order valence-corrected chi connectivity index (χ2v) is 6.31. The van der Waals surface area contributed by atoms with Crippen molar-refractivity contribution in [3.63, 3.8) is 0 Å². The van der Waals surface area contributed by atoms with Crippen LogP contribution in [0.4, 0.5) is 0 Å². The number of hydrogen-bond acceptors (Lipinski definition) is 3. The van der Waals surface area contributed by atoms with Gasteiger partial charge in [0.15, 0.2) is 11.6 Å². The molecule has 0 heterocycles. The van der Waals surface area contributed by atoms with E-state index in [1.54, 1.807) is 7.05 Å². The Hall–Kier alpha value is -2.16. The van der Waals surface area contributed by atoms with Crippen LogP contribution in [0.3, 0.4) is 0 Å². The molecular formula is C20H23NO2. The Morgan fingerprint density at radius 2 is 1.78 bits per heavy atom. The number of ketones is 2. The van der Waals surface area contributed by atoms with E-state index in [0.29, 0.717) is 12.1 Å². The first-order chi connectivity index (χ1) is 11.2. The second-order valence-electron chi connectivity index (χ2n) is 6.31. The van der Waals surface area contributed by atoms with Gasteiger partial charge in [-0.2, -0.15) is 0 Å². The van der Waals surface area contributed by atoms with Crippen LogP contribution >= 0.6 is 0 Å². The Bertz CT molecular complexity index is 664. The highest BCUT2D eigenvalue weighted by molar-refractivity contribution is 6.19. The third kappa shape index (κ3) is 3.14. The molecular weight excluding hydrogens is 286 g/mol. The van der Waals surface area contributed by atoms with Gasteiger partial charge in [0.1, 0.15) is 0 Å². The minimum atomic E-state index is 0.0477. The molecule has 3 nitrogen and oxygen atoms in total. The van der Waals surface area contributed by atoms with Crippen molar-refractivity contribution >= 4 is 17.1 Å². The minimum Gasteiger partial charge on any atom is -0.385 e. The van der Waals surface area contributed by atoms with Gasteiger partial charge < -0.3 is 5.32 Å². The third-order valence-electron chi connectivity index (χ3n) is 4.84. The molecule has 120 valence electrons. The first kappa shape index (κ1) is 15.7. The lowest BCUT2D eigenvalue weighted by Gasteiger charge is -2.26. The summed E-state index contributed by atoms with van der Waals surface area (Å²) < 4.78 is 0. The molecule has 1 fully saturated rings. The van der Waals surface area contributed by atoms with Crippen LogP contribution < -0.4 is 5.32 Å². The number of nitrogens with one attached hydrogen (secondary N) is 1. The molecule has 1 aromatic rings. The van der Waals surface area contributed by atoms with Crippen LogP contribution in [0.25, 0.3) is 5.57 Å². The van der Waals surface area contributed by atoms with Crippen molar-refractivity contribution in [3.8, 4) is 0 Å². The van der Waals surface area contributed by atoms with Gasteiger partial charge in [0.05, 0.1) is 5.70 Å². The molecule has 23 heavy (non-hydrogen) atoms. The number of hydrogen-bond donors (Lipinski definition) is 1. The van der Waals surface area contributed by atoms with E-state index in [2.05, 4.69) is 5.32 Å². The summed E-state index contributed by atoms with van der Waals surface area (Å²) in [5.74, 6) is 0.371. The van der Waals surface area contributed by atoms with E-state index in [-0.39, 0.29) is 17.5 Å². The van der Waals surface area contributed by atoms with Gasteiger partial charge in [-0.1, -0.05) is 55.7 Å². The zero-order valence-corrected chi connectivity index (χ0v) is 13.6. The summed E-state index contributed by atoms with van der Waals surface area (Å²) in [6, 6.07) is 9.76. The van der Waals surface area contributed by atoms with Gasteiger partial charge in [0.25, 0.3) is 0 Å². The summed E-state index contributed by atoms with van der Waals surface area (Å²) in [6.07, 6.45) is 7.58. The highest BCUT2D eigenvalue weighted by Gasteiger charge is 2.31. The van der Waals surface area contributed by atoms with Crippen molar-refractivity contribution in [1.29, 1.82) is 0 Å². The standard InChI is InChI=1S/C20H23NO2/c1-21-19-17(22)13-12-16(18(19)14-8-4-2-5-9-14)20(23)15-10-6-3-7-11-15/h2,4-5,8-9,12,15,21H,3,6-7,10-11,13H2,1H3. The largest absolute Gasteiger partial charge is 0.385 e. The quantitative estimate of drug-likeness (QED) is 0.923. The Labute approximate surface area is 137 Å². The molecule has 0 unspecified atom stereocenters. The molecule has 0 radical (unpaired) electrons. The third-order valence-corrected chi connectivity index (χ3v) is 4.84. The summed E-state index contributed by atoms with van der Waals surface area (Å²) in [5, 5.41) is 3.03. The molecule has 3 heteroatoms. The van der Waals surface area contributed by atoms with Crippen LogP contribution in [0.15, 0.2) is 47.7 Å². The lowest BCUT2D eigenvalue weighted by Crippen LogP contribution is -2.27.